The minimum Gasteiger partial charge on any atom is -0.435 e. The quantitative estimate of drug-likeness (QED) is 0.813. The number of carbonyl (C=O) groups is 1. The fraction of sp³-hybridized carbons (Fsp3) is 0.389. The van der Waals surface area contributed by atoms with Crippen molar-refractivity contribution in [2.24, 2.45) is 11.7 Å². The van der Waals surface area contributed by atoms with Crippen LogP contribution >= 0.6 is 23.7 Å². The predicted octanol–water partition coefficient (Wildman–Crippen LogP) is 4.25. The summed E-state index contributed by atoms with van der Waals surface area (Å²) in [5.74, 6) is 0.503. The number of likely N-dealkylation sites (tertiary alicyclic amines) is 1. The van der Waals surface area contributed by atoms with E-state index in [1.165, 1.54) is 23.5 Å². The Morgan fingerprint density at radius 1 is 1.31 bits per heavy atom. The van der Waals surface area contributed by atoms with Gasteiger partial charge < -0.3 is 15.4 Å². The summed E-state index contributed by atoms with van der Waals surface area (Å²) in [6.07, 6.45) is 0.937. The van der Waals surface area contributed by atoms with Crippen molar-refractivity contribution in [2.45, 2.75) is 26.0 Å². The van der Waals surface area contributed by atoms with Crippen LogP contribution in [0.5, 0.6) is 5.75 Å². The largest absolute Gasteiger partial charge is 0.435 e. The van der Waals surface area contributed by atoms with Crippen molar-refractivity contribution in [1.29, 1.82) is 0 Å². The zero-order chi connectivity index (χ0) is 18.0. The molecular formula is C18H21ClF2N2O2S. The molecule has 1 fully saturated rings. The molecule has 1 aromatic carbocycles. The van der Waals surface area contributed by atoms with Crippen LogP contribution in [0, 0.1) is 5.92 Å². The van der Waals surface area contributed by atoms with Crippen molar-refractivity contribution in [1.82, 2.24) is 4.90 Å². The zero-order valence-electron chi connectivity index (χ0n) is 14.2. The van der Waals surface area contributed by atoms with Gasteiger partial charge in [-0.2, -0.15) is 8.78 Å². The van der Waals surface area contributed by atoms with E-state index in [1.54, 1.807) is 12.1 Å². The van der Waals surface area contributed by atoms with Gasteiger partial charge in [-0.1, -0.05) is 0 Å². The third-order valence-electron chi connectivity index (χ3n) is 4.44. The summed E-state index contributed by atoms with van der Waals surface area (Å²) >= 11 is 1.40. The number of ether oxygens (including phenoxy) is 1. The van der Waals surface area contributed by atoms with Crippen LogP contribution in [0.1, 0.15) is 23.0 Å². The molecule has 1 saturated heterocycles. The van der Waals surface area contributed by atoms with Crippen molar-refractivity contribution >= 4 is 29.7 Å². The number of nitrogens with two attached hydrogens (primary N) is 1. The highest BCUT2D eigenvalue weighted by molar-refractivity contribution is 7.17. The van der Waals surface area contributed by atoms with Gasteiger partial charge in [0.2, 0.25) is 0 Å². The molecule has 4 nitrogen and oxygen atoms in total. The maximum Gasteiger partial charge on any atom is 0.387 e. The molecule has 0 radical (unpaired) electrons. The number of alkyl halides is 2. The molecule has 1 aromatic heterocycles. The molecule has 0 bridgehead atoms. The highest BCUT2D eigenvalue weighted by Gasteiger charge is 2.32. The molecular weight excluding hydrogens is 382 g/mol. The molecule has 2 aromatic rings. The second kappa shape index (κ2) is 8.79. The number of nitrogens with zero attached hydrogens (tertiary/aromatic N) is 1. The third-order valence-corrected chi connectivity index (χ3v) is 5.56. The summed E-state index contributed by atoms with van der Waals surface area (Å²) in [4.78, 5) is 16.2. The molecule has 3 rings (SSSR count). The molecule has 0 aliphatic carbocycles. The summed E-state index contributed by atoms with van der Waals surface area (Å²) in [6.45, 7) is 0.501. The van der Waals surface area contributed by atoms with Crippen LogP contribution in [0.15, 0.2) is 36.4 Å². The Morgan fingerprint density at radius 2 is 2.00 bits per heavy atom. The normalized spacial score (nSPS) is 19.5. The lowest BCUT2D eigenvalue weighted by molar-refractivity contribution is -0.0498. The summed E-state index contributed by atoms with van der Waals surface area (Å²) in [5.41, 5.74) is 6.59. The molecule has 2 heterocycles. The molecule has 0 spiro atoms. The summed E-state index contributed by atoms with van der Waals surface area (Å²) in [7, 11) is 0. The number of rotatable bonds is 5. The van der Waals surface area contributed by atoms with Gasteiger partial charge in [-0.25, -0.2) is 0 Å². The van der Waals surface area contributed by atoms with E-state index in [-0.39, 0.29) is 30.1 Å². The fourth-order valence-electron chi connectivity index (χ4n) is 3.15. The summed E-state index contributed by atoms with van der Waals surface area (Å²) in [6, 6.07) is 10.3. The first-order chi connectivity index (χ1) is 12.0. The first-order valence-corrected chi connectivity index (χ1v) is 8.95. The lowest BCUT2D eigenvalue weighted by Gasteiger charge is -2.20. The molecule has 2 N–H and O–H groups in total. The van der Waals surface area contributed by atoms with Gasteiger partial charge >= 0.3 is 6.61 Å². The fourth-order valence-corrected chi connectivity index (χ4v) is 4.11. The van der Waals surface area contributed by atoms with E-state index in [0.29, 0.717) is 23.9 Å². The van der Waals surface area contributed by atoms with E-state index in [0.717, 1.165) is 16.9 Å². The molecule has 26 heavy (non-hydrogen) atoms. The molecule has 2 atom stereocenters. The van der Waals surface area contributed by atoms with Gasteiger partial charge in [0.25, 0.3) is 5.91 Å². The van der Waals surface area contributed by atoms with Crippen LogP contribution in [-0.4, -0.2) is 36.5 Å². The number of hydrogen-bond donors (Lipinski definition) is 1. The number of carbonyl (C=O) groups excluding carboxylic acids is 1. The second-order valence-corrected chi connectivity index (χ2v) is 7.29. The molecule has 1 aliphatic heterocycles. The molecule has 0 saturated carbocycles. The first-order valence-electron chi connectivity index (χ1n) is 8.14. The number of benzene rings is 1. The smallest absolute Gasteiger partial charge is 0.387 e. The lowest BCUT2D eigenvalue weighted by Crippen LogP contribution is -2.33. The molecule has 8 heteroatoms. The lowest BCUT2D eigenvalue weighted by atomic mass is 10.1. The van der Waals surface area contributed by atoms with Gasteiger partial charge in [0.15, 0.2) is 0 Å². The number of thiophene rings is 1. The van der Waals surface area contributed by atoms with Crippen LogP contribution in [-0.2, 0) is 0 Å². The second-order valence-electron chi connectivity index (χ2n) is 6.21. The van der Waals surface area contributed by atoms with Crippen LogP contribution in [0.4, 0.5) is 8.78 Å². The number of hydrogen-bond acceptors (Lipinski definition) is 4. The first kappa shape index (κ1) is 20.6. The average Bonchev–Trinajstić information content (AvgIpc) is 3.21. The van der Waals surface area contributed by atoms with Crippen molar-refractivity contribution in [3.05, 3.63) is 41.3 Å². The molecule has 1 amide bonds. The van der Waals surface area contributed by atoms with E-state index < -0.39 is 6.61 Å². The molecule has 2 unspecified atom stereocenters. The van der Waals surface area contributed by atoms with E-state index in [4.69, 9.17) is 5.73 Å². The SMILES string of the molecule is CC1CC(CN)CN1C(=O)c1ccc(-c2ccc(OC(F)F)cc2)s1.Cl. The maximum atomic E-state index is 12.7. The Kier molecular flexibility index (Phi) is 6.97. The average molecular weight is 403 g/mol. The number of amides is 1. The summed E-state index contributed by atoms with van der Waals surface area (Å²) < 4.78 is 28.7. The maximum absolute atomic E-state index is 12.7. The predicted molar refractivity (Wildman–Crippen MR) is 101 cm³/mol. The van der Waals surface area contributed by atoms with E-state index in [9.17, 15) is 13.6 Å². The standard InChI is InChI=1S/C18H20F2N2O2S.ClH/c1-11-8-12(9-21)10-22(11)17(23)16-7-6-15(25-16)13-2-4-14(5-3-13)24-18(19)20;/h2-7,11-12,18H,8-10,21H2,1H3;1H. The Hall–Kier alpha value is -1.70. The van der Waals surface area contributed by atoms with Crippen molar-refractivity contribution in [3.8, 4) is 16.2 Å². The van der Waals surface area contributed by atoms with Crippen molar-refractivity contribution in [3.63, 3.8) is 0 Å². The Balaban J connectivity index is 0.00000243. The minimum atomic E-state index is -2.84. The van der Waals surface area contributed by atoms with E-state index >= 15 is 0 Å². The van der Waals surface area contributed by atoms with Gasteiger partial charge in [-0.05, 0) is 67.8 Å². The number of halogens is 3. The Bertz CT molecular complexity index is 739. The van der Waals surface area contributed by atoms with Crippen molar-refractivity contribution in [2.75, 3.05) is 13.1 Å². The van der Waals surface area contributed by atoms with Crippen LogP contribution in [0.25, 0.3) is 10.4 Å². The van der Waals surface area contributed by atoms with Crippen molar-refractivity contribution < 1.29 is 18.3 Å². The Morgan fingerprint density at radius 3 is 2.58 bits per heavy atom. The highest BCUT2D eigenvalue weighted by Crippen LogP contribution is 2.32. The van der Waals surface area contributed by atoms with Gasteiger partial charge in [0.05, 0.1) is 4.88 Å². The van der Waals surface area contributed by atoms with Gasteiger partial charge in [0.1, 0.15) is 5.75 Å². The highest BCUT2D eigenvalue weighted by atomic mass is 35.5. The molecule has 142 valence electrons. The zero-order valence-corrected chi connectivity index (χ0v) is 15.9. The minimum absolute atomic E-state index is 0. The van der Waals surface area contributed by atoms with Gasteiger partial charge in [-0.15, -0.1) is 23.7 Å². The summed E-state index contributed by atoms with van der Waals surface area (Å²) in [5, 5.41) is 0. The van der Waals surface area contributed by atoms with E-state index in [2.05, 4.69) is 4.74 Å². The monoisotopic (exact) mass is 402 g/mol. The van der Waals surface area contributed by atoms with E-state index in [1.807, 2.05) is 24.0 Å². The third kappa shape index (κ3) is 4.52. The molecule has 1 aliphatic rings. The van der Waals surface area contributed by atoms with Crippen LogP contribution < -0.4 is 10.5 Å². The van der Waals surface area contributed by atoms with Crippen LogP contribution in [0.2, 0.25) is 0 Å². The van der Waals surface area contributed by atoms with Gasteiger partial charge in [0, 0.05) is 17.5 Å². The van der Waals surface area contributed by atoms with Crippen LogP contribution in [0.3, 0.4) is 0 Å². The topological polar surface area (TPSA) is 55.6 Å². The Labute approximate surface area is 161 Å². The van der Waals surface area contributed by atoms with Gasteiger partial charge in [-0.3, -0.25) is 4.79 Å².